The standard InChI is InChI=1S/C16H24ClFN4.HI/c1-11(2)21-16(19)20-10-14(22-8-3-4-9-22)15-12(17)6-5-7-13(15)18;/h5-7,11,14H,3-4,8-10H2,1-2H3,(H3,19,20,21);1H. The van der Waals surface area contributed by atoms with Crippen molar-refractivity contribution in [2.75, 3.05) is 19.6 Å². The summed E-state index contributed by atoms with van der Waals surface area (Å²) in [6, 6.07) is 4.83. The van der Waals surface area contributed by atoms with Crippen molar-refractivity contribution in [1.82, 2.24) is 10.2 Å². The topological polar surface area (TPSA) is 53.6 Å². The number of rotatable bonds is 5. The molecule has 2 rings (SSSR count). The molecule has 1 saturated heterocycles. The number of nitrogens with two attached hydrogens (primary N) is 1. The lowest BCUT2D eigenvalue weighted by Gasteiger charge is -2.27. The molecule has 23 heavy (non-hydrogen) atoms. The second-order valence-electron chi connectivity index (χ2n) is 5.92. The summed E-state index contributed by atoms with van der Waals surface area (Å²) in [4.78, 5) is 6.62. The van der Waals surface area contributed by atoms with Gasteiger partial charge in [-0.2, -0.15) is 0 Å². The number of nitrogens with zero attached hydrogens (tertiary/aromatic N) is 2. The fourth-order valence-corrected chi connectivity index (χ4v) is 3.09. The van der Waals surface area contributed by atoms with Crippen LogP contribution in [0.4, 0.5) is 4.39 Å². The maximum absolute atomic E-state index is 14.3. The van der Waals surface area contributed by atoms with E-state index in [0.29, 0.717) is 23.1 Å². The largest absolute Gasteiger partial charge is 0.370 e. The van der Waals surface area contributed by atoms with Crippen molar-refractivity contribution >= 4 is 41.5 Å². The summed E-state index contributed by atoms with van der Waals surface area (Å²) >= 11 is 6.24. The van der Waals surface area contributed by atoms with Crippen LogP contribution in [0.2, 0.25) is 5.02 Å². The highest BCUT2D eigenvalue weighted by Gasteiger charge is 2.27. The molecule has 1 atom stereocenters. The molecule has 0 amide bonds. The van der Waals surface area contributed by atoms with Gasteiger partial charge in [0, 0.05) is 16.6 Å². The Bertz CT molecular complexity index is 513. The zero-order valence-corrected chi connectivity index (χ0v) is 16.6. The zero-order chi connectivity index (χ0) is 16.1. The van der Waals surface area contributed by atoms with Crippen molar-refractivity contribution in [2.45, 2.75) is 38.8 Å². The maximum Gasteiger partial charge on any atom is 0.188 e. The molecule has 1 aromatic carbocycles. The van der Waals surface area contributed by atoms with Crippen LogP contribution in [0.25, 0.3) is 0 Å². The number of likely N-dealkylation sites (tertiary alicyclic amines) is 1. The third-order valence-corrected chi connectivity index (χ3v) is 4.12. The van der Waals surface area contributed by atoms with Crippen molar-refractivity contribution < 1.29 is 4.39 Å². The Morgan fingerprint density at radius 2 is 2.04 bits per heavy atom. The number of aliphatic imine (C=N–C) groups is 1. The number of nitrogens with one attached hydrogen (secondary N) is 1. The molecule has 1 aliphatic heterocycles. The summed E-state index contributed by atoms with van der Waals surface area (Å²) in [6.07, 6.45) is 2.23. The number of benzene rings is 1. The zero-order valence-electron chi connectivity index (χ0n) is 13.6. The van der Waals surface area contributed by atoms with Gasteiger partial charge in [0.1, 0.15) is 5.82 Å². The first-order valence-electron chi connectivity index (χ1n) is 7.73. The first-order chi connectivity index (χ1) is 10.5. The molecule has 130 valence electrons. The molecule has 7 heteroatoms. The third-order valence-electron chi connectivity index (χ3n) is 3.79. The molecule has 0 aliphatic carbocycles. The molecule has 0 spiro atoms. The minimum absolute atomic E-state index is 0. The SMILES string of the molecule is CC(C)NC(N)=NCC(c1c(F)cccc1Cl)N1CCCC1.I. The average molecular weight is 455 g/mol. The van der Waals surface area contributed by atoms with E-state index in [-0.39, 0.29) is 41.9 Å². The summed E-state index contributed by atoms with van der Waals surface area (Å²) in [6.45, 7) is 6.25. The lowest BCUT2D eigenvalue weighted by atomic mass is 10.0. The molecule has 1 fully saturated rings. The quantitative estimate of drug-likeness (QED) is 0.406. The van der Waals surface area contributed by atoms with Crippen LogP contribution in [-0.4, -0.2) is 36.5 Å². The summed E-state index contributed by atoms with van der Waals surface area (Å²) in [5.74, 6) is 0.0987. The molecule has 0 radical (unpaired) electrons. The van der Waals surface area contributed by atoms with Gasteiger partial charge >= 0.3 is 0 Å². The van der Waals surface area contributed by atoms with Gasteiger partial charge in [-0.3, -0.25) is 9.89 Å². The first-order valence-corrected chi connectivity index (χ1v) is 8.11. The van der Waals surface area contributed by atoms with E-state index in [2.05, 4.69) is 15.2 Å². The van der Waals surface area contributed by atoms with E-state index in [9.17, 15) is 4.39 Å². The van der Waals surface area contributed by atoms with E-state index < -0.39 is 0 Å². The van der Waals surface area contributed by atoms with Crippen LogP contribution in [0, 0.1) is 5.82 Å². The van der Waals surface area contributed by atoms with E-state index >= 15 is 0 Å². The van der Waals surface area contributed by atoms with E-state index in [1.165, 1.54) is 6.07 Å². The Morgan fingerprint density at radius 1 is 1.39 bits per heavy atom. The van der Waals surface area contributed by atoms with Crippen molar-refractivity contribution in [3.8, 4) is 0 Å². The minimum atomic E-state index is -0.282. The van der Waals surface area contributed by atoms with Crippen LogP contribution in [-0.2, 0) is 0 Å². The highest BCUT2D eigenvalue weighted by molar-refractivity contribution is 14.0. The first kappa shape index (κ1) is 20.4. The lowest BCUT2D eigenvalue weighted by Crippen LogP contribution is -2.38. The van der Waals surface area contributed by atoms with Crippen molar-refractivity contribution in [1.29, 1.82) is 0 Å². The van der Waals surface area contributed by atoms with Gasteiger partial charge in [-0.05, 0) is 51.9 Å². The van der Waals surface area contributed by atoms with Crippen LogP contribution in [0.5, 0.6) is 0 Å². The smallest absolute Gasteiger partial charge is 0.188 e. The van der Waals surface area contributed by atoms with Crippen LogP contribution in [0.3, 0.4) is 0 Å². The molecular weight excluding hydrogens is 430 g/mol. The van der Waals surface area contributed by atoms with Gasteiger partial charge in [0.25, 0.3) is 0 Å². The molecule has 4 nitrogen and oxygen atoms in total. The fraction of sp³-hybridized carbons (Fsp3) is 0.562. The van der Waals surface area contributed by atoms with Gasteiger partial charge in [-0.25, -0.2) is 4.39 Å². The van der Waals surface area contributed by atoms with Gasteiger partial charge in [-0.1, -0.05) is 17.7 Å². The third kappa shape index (κ3) is 5.76. The van der Waals surface area contributed by atoms with Gasteiger partial charge in [0.05, 0.1) is 12.6 Å². The van der Waals surface area contributed by atoms with Crippen molar-refractivity contribution in [2.24, 2.45) is 10.7 Å². The predicted octanol–water partition coefficient (Wildman–Crippen LogP) is 3.55. The molecule has 0 bridgehead atoms. The minimum Gasteiger partial charge on any atom is -0.370 e. The van der Waals surface area contributed by atoms with Crippen LogP contribution in [0.1, 0.15) is 38.3 Å². The Balaban J connectivity index is 0.00000264. The van der Waals surface area contributed by atoms with Gasteiger partial charge in [0.15, 0.2) is 5.96 Å². The average Bonchev–Trinajstić information content (AvgIpc) is 2.95. The second kappa shape index (κ2) is 9.64. The Labute approximate surface area is 159 Å². The summed E-state index contributed by atoms with van der Waals surface area (Å²) in [5, 5.41) is 3.50. The second-order valence-corrected chi connectivity index (χ2v) is 6.33. The Morgan fingerprint density at radius 3 is 2.61 bits per heavy atom. The van der Waals surface area contributed by atoms with Crippen molar-refractivity contribution in [3.63, 3.8) is 0 Å². The maximum atomic E-state index is 14.3. The highest BCUT2D eigenvalue weighted by Crippen LogP contribution is 2.32. The number of guanidine groups is 1. The normalized spacial score (nSPS) is 17.2. The molecule has 1 aromatic rings. The lowest BCUT2D eigenvalue weighted by molar-refractivity contribution is 0.246. The summed E-state index contributed by atoms with van der Waals surface area (Å²) in [7, 11) is 0. The molecule has 3 N–H and O–H groups in total. The molecule has 1 aliphatic rings. The molecular formula is C16H25ClFIN4. The Kier molecular flexibility index (Phi) is 8.57. The molecule has 0 saturated carbocycles. The van der Waals surface area contributed by atoms with Gasteiger partial charge < -0.3 is 11.1 Å². The molecule has 1 heterocycles. The van der Waals surface area contributed by atoms with Crippen LogP contribution in [0.15, 0.2) is 23.2 Å². The number of halogens is 3. The predicted molar refractivity (Wildman–Crippen MR) is 105 cm³/mol. The van der Waals surface area contributed by atoms with E-state index in [4.69, 9.17) is 17.3 Å². The van der Waals surface area contributed by atoms with Crippen molar-refractivity contribution in [3.05, 3.63) is 34.6 Å². The number of hydrogen-bond donors (Lipinski definition) is 2. The van der Waals surface area contributed by atoms with E-state index in [0.717, 1.165) is 25.9 Å². The Hall–Kier alpha value is -0.600. The van der Waals surface area contributed by atoms with Gasteiger partial charge in [0.2, 0.25) is 0 Å². The summed E-state index contributed by atoms with van der Waals surface area (Å²) in [5.41, 5.74) is 6.39. The van der Waals surface area contributed by atoms with Gasteiger partial charge in [-0.15, -0.1) is 24.0 Å². The van der Waals surface area contributed by atoms with E-state index in [1.807, 2.05) is 13.8 Å². The van der Waals surface area contributed by atoms with Crippen LogP contribution >= 0.6 is 35.6 Å². The fourth-order valence-electron chi connectivity index (χ4n) is 2.80. The summed E-state index contributed by atoms with van der Waals surface area (Å²) < 4.78 is 14.3. The number of hydrogen-bond acceptors (Lipinski definition) is 2. The monoisotopic (exact) mass is 454 g/mol. The molecule has 1 unspecified atom stereocenters. The van der Waals surface area contributed by atoms with E-state index in [1.54, 1.807) is 12.1 Å². The molecule has 0 aromatic heterocycles. The highest BCUT2D eigenvalue weighted by atomic mass is 127. The van der Waals surface area contributed by atoms with Crippen LogP contribution < -0.4 is 11.1 Å².